The maximum atomic E-state index is 10.3. The SMILES string of the molecule is O=S([O-])Oc1c[nH]c2ccccc12.[K+]. The number of nitrogens with one attached hydrogen (secondary N) is 1. The molecule has 0 bridgehead atoms. The van der Waals surface area contributed by atoms with E-state index in [1.165, 1.54) is 6.20 Å². The van der Waals surface area contributed by atoms with Crippen LogP contribution in [0.25, 0.3) is 10.9 Å². The van der Waals surface area contributed by atoms with Crippen LogP contribution in [0.15, 0.2) is 30.5 Å². The molecule has 14 heavy (non-hydrogen) atoms. The van der Waals surface area contributed by atoms with E-state index in [1.807, 2.05) is 18.2 Å². The van der Waals surface area contributed by atoms with Gasteiger partial charge in [-0.15, -0.1) is 0 Å². The molecule has 6 heteroatoms. The molecular formula is C8H6KNO3S. The summed E-state index contributed by atoms with van der Waals surface area (Å²) in [7, 11) is 0. The average Bonchev–Trinajstić information content (AvgIpc) is 2.48. The van der Waals surface area contributed by atoms with Gasteiger partial charge < -0.3 is 13.7 Å². The van der Waals surface area contributed by atoms with Gasteiger partial charge in [0.2, 0.25) is 0 Å². The molecule has 0 amide bonds. The van der Waals surface area contributed by atoms with E-state index in [0.717, 1.165) is 10.9 Å². The van der Waals surface area contributed by atoms with Crippen LogP contribution in [0.2, 0.25) is 0 Å². The molecule has 1 atom stereocenters. The molecule has 0 fully saturated rings. The average molecular weight is 235 g/mol. The van der Waals surface area contributed by atoms with Crippen LogP contribution in [0.4, 0.5) is 0 Å². The normalized spacial score (nSPS) is 12.1. The minimum Gasteiger partial charge on any atom is -0.740 e. The van der Waals surface area contributed by atoms with Crippen molar-refractivity contribution in [2.24, 2.45) is 0 Å². The number of aromatic amines is 1. The second-order valence-electron chi connectivity index (χ2n) is 2.49. The summed E-state index contributed by atoms with van der Waals surface area (Å²) >= 11 is -2.52. The zero-order valence-electron chi connectivity index (χ0n) is 7.52. The number of fused-ring (bicyclic) bond motifs is 1. The smallest absolute Gasteiger partial charge is 0.740 e. The molecule has 1 N–H and O–H groups in total. The van der Waals surface area contributed by atoms with E-state index in [9.17, 15) is 8.76 Å². The number of hydrogen-bond acceptors (Lipinski definition) is 3. The van der Waals surface area contributed by atoms with Crippen LogP contribution in [0.5, 0.6) is 5.75 Å². The van der Waals surface area contributed by atoms with Crippen molar-refractivity contribution in [2.45, 2.75) is 0 Å². The van der Waals surface area contributed by atoms with Gasteiger partial charge in [0.1, 0.15) is 11.4 Å². The molecule has 1 aromatic heterocycles. The van der Waals surface area contributed by atoms with E-state index in [4.69, 9.17) is 0 Å². The van der Waals surface area contributed by atoms with Crippen molar-refractivity contribution in [2.75, 3.05) is 0 Å². The Bertz CT molecular complexity index is 457. The third kappa shape index (κ3) is 2.66. The molecule has 2 rings (SSSR count). The molecule has 1 aromatic carbocycles. The fourth-order valence-corrected chi connectivity index (χ4v) is 1.47. The summed E-state index contributed by atoms with van der Waals surface area (Å²) in [6.45, 7) is 0. The first kappa shape index (κ1) is 12.4. The van der Waals surface area contributed by atoms with E-state index >= 15 is 0 Å². The topological polar surface area (TPSA) is 65.2 Å². The molecule has 0 radical (unpaired) electrons. The monoisotopic (exact) mass is 235 g/mol. The number of benzene rings is 1. The number of aromatic nitrogens is 1. The zero-order valence-corrected chi connectivity index (χ0v) is 11.5. The van der Waals surface area contributed by atoms with Crippen molar-refractivity contribution in [3.63, 3.8) is 0 Å². The number of para-hydroxylation sites is 1. The van der Waals surface area contributed by atoms with Crippen molar-refractivity contribution >= 4 is 22.3 Å². The standard InChI is InChI=1S/C8H7NO3S.K/c10-13(11)12-8-5-9-7-4-2-1-3-6(7)8;/h1-5,9H,(H,10,11);/q;+1/p-1. The first-order valence-corrected chi connectivity index (χ1v) is 4.61. The quantitative estimate of drug-likeness (QED) is 0.501. The molecule has 1 unspecified atom stereocenters. The zero-order chi connectivity index (χ0) is 9.26. The molecule has 0 aliphatic carbocycles. The molecule has 0 spiro atoms. The summed E-state index contributed by atoms with van der Waals surface area (Å²) in [4.78, 5) is 2.90. The fraction of sp³-hybridized carbons (Fsp3) is 0. The largest absolute Gasteiger partial charge is 1.00 e. The van der Waals surface area contributed by atoms with E-state index in [0.29, 0.717) is 5.75 Å². The van der Waals surface area contributed by atoms with Gasteiger partial charge >= 0.3 is 51.4 Å². The van der Waals surface area contributed by atoms with E-state index in [-0.39, 0.29) is 51.4 Å². The number of hydrogen-bond donors (Lipinski definition) is 1. The Labute approximate surface area is 126 Å². The van der Waals surface area contributed by atoms with Gasteiger partial charge in [-0.1, -0.05) is 12.1 Å². The fourth-order valence-electron chi connectivity index (χ4n) is 1.19. The molecule has 0 saturated carbocycles. The number of rotatable bonds is 2. The molecule has 68 valence electrons. The third-order valence-corrected chi connectivity index (χ3v) is 2.02. The van der Waals surface area contributed by atoms with Crippen LogP contribution in [-0.4, -0.2) is 13.7 Å². The first-order chi connectivity index (χ1) is 6.27. The molecule has 0 saturated heterocycles. The van der Waals surface area contributed by atoms with Crippen molar-refractivity contribution < 1.29 is 64.3 Å². The van der Waals surface area contributed by atoms with Gasteiger partial charge in [-0.25, -0.2) is 4.21 Å². The molecule has 0 aliphatic heterocycles. The summed E-state index contributed by atoms with van der Waals surface area (Å²) in [6, 6.07) is 7.30. The van der Waals surface area contributed by atoms with Crippen LogP contribution in [-0.2, 0) is 11.4 Å². The van der Waals surface area contributed by atoms with Gasteiger partial charge in [-0.05, 0) is 12.1 Å². The van der Waals surface area contributed by atoms with Crippen LogP contribution in [0, 0.1) is 0 Å². The second kappa shape index (κ2) is 5.41. The summed E-state index contributed by atoms with van der Waals surface area (Å²) in [6.07, 6.45) is 1.51. The van der Waals surface area contributed by atoms with Gasteiger partial charge in [0.05, 0.1) is 0 Å². The Balaban J connectivity index is 0.000000980. The summed E-state index contributed by atoms with van der Waals surface area (Å²) < 4.78 is 25.1. The Morgan fingerprint density at radius 1 is 1.36 bits per heavy atom. The van der Waals surface area contributed by atoms with E-state index < -0.39 is 11.4 Å². The molecule has 4 nitrogen and oxygen atoms in total. The summed E-state index contributed by atoms with van der Waals surface area (Å²) in [5, 5.41) is 0.756. The first-order valence-electron chi connectivity index (χ1n) is 3.61. The Hall–Kier alpha value is 0.306. The van der Waals surface area contributed by atoms with E-state index in [2.05, 4.69) is 9.17 Å². The second-order valence-corrected chi connectivity index (χ2v) is 3.06. The van der Waals surface area contributed by atoms with Crippen LogP contribution in [0.3, 0.4) is 0 Å². The van der Waals surface area contributed by atoms with Crippen molar-refractivity contribution in [1.29, 1.82) is 0 Å². The van der Waals surface area contributed by atoms with Gasteiger partial charge in [-0.2, -0.15) is 0 Å². The molecular weight excluding hydrogens is 229 g/mol. The maximum Gasteiger partial charge on any atom is 1.00 e. The van der Waals surface area contributed by atoms with Gasteiger partial charge in [0.25, 0.3) is 0 Å². The number of H-pyrrole nitrogens is 1. The summed E-state index contributed by atoms with van der Waals surface area (Å²) in [5.41, 5.74) is 0.850. The van der Waals surface area contributed by atoms with Gasteiger partial charge in [-0.3, -0.25) is 0 Å². The minimum atomic E-state index is -2.52. The summed E-state index contributed by atoms with van der Waals surface area (Å²) in [5.74, 6) is 0.323. The van der Waals surface area contributed by atoms with E-state index in [1.54, 1.807) is 6.07 Å². The Kier molecular flexibility index (Phi) is 4.78. The van der Waals surface area contributed by atoms with Gasteiger partial charge in [0, 0.05) is 17.1 Å². The molecule has 0 aliphatic rings. The Morgan fingerprint density at radius 3 is 2.79 bits per heavy atom. The molecule has 2 aromatic rings. The predicted octanol–water partition coefficient (Wildman–Crippen LogP) is -1.66. The van der Waals surface area contributed by atoms with Crippen molar-refractivity contribution in [3.8, 4) is 5.75 Å². The maximum absolute atomic E-state index is 10.3. The third-order valence-electron chi connectivity index (χ3n) is 1.71. The Morgan fingerprint density at radius 2 is 2.07 bits per heavy atom. The van der Waals surface area contributed by atoms with Crippen LogP contribution >= 0.6 is 0 Å². The van der Waals surface area contributed by atoms with Crippen LogP contribution in [0.1, 0.15) is 0 Å². The van der Waals surface area contributed by atoms with Crippen LogP contribution < -0.4 is 55.6 Å². The van der Waals surface area contributed by atoms with Gasteiger partial charge in [0.15, 0.2) is 5.75 Å². The van der Waals surface area contributed by atoms with Crippen molar-refractivity contribution in [1.82, 2.24) is 4.98 Å². The van der Waals surface area contributed by atoms with Crippen molar-refractivity contribution in [3.05, 3.63) is 30.5 Å². The molecule has 1 heterocycles. The minimum absolute atomic E-state index is 0. The predicted molar refractivity (Wildman–Crippen MR) is 47.8 cm³/mol.